The van der Waals surface area contributed by atoms with Crippen LogP contribution in [0.3, 0.4) is 0 Å². The number of rotatable bonds is 33. The molecule has 0 aromatic carbocycles. The van der Waals surface area contributed by atoms with Crippen molar-refractivity contribution in [2.45, 2.75) is 193 Å². The van der Waals surface area contributed by atoms with Crippen LogP contribution in [-0.2, 0) is 4.79 Å². The minimum atomic E-state index is -1.11. The van der Waals surface area contributed by atoms with Gasteiger partial charge in [-0.05, 0) is 70.6 Å². The second kappa shape index (κ2) is 35.2. The van der Waals surface area contributed by atoms with Gasteiger partial charge in [-0.3, -0.25) is 4.79 Å². The van der Waals surface area contributed by atoms with Crippen LogP contribution in [0.25, 0.3) is 0 Å². The largest absolute Gasteiger partial charge is 0.394 e. The van der Waals surface area contributed by atoms with Gasteiger partial charge in [0.25, 0.3) is 0 Å². The van der Waals surface area contributed by atoms with E-state index < -0.39 is 24.2 Å². The molecular weight excluding hydrogens is 558 g/mol. The van der Waals surface area contributed by atoms with E-state index >= 15 is 0 Å². The first-order chi connectivity index (χ1) is 22.1. The predicted molar refractivity (Wildman–Crippen MR) is 194 cm³/mol. The van der Waals surface area contributed by atoms with Crippen LogP contribution in [0.4, 0.5) is 0 Å². The number of carbonyl (C=O) groups is 1. The standard InChI is InChI=1S/C40H73NO4/c1-3-5-7-9-11-13-15-17-19-21-23-25-27-29-31-33-35-39(44)40(45)41-37(36-42)38(43)34-32-30-28-26-24-22-20-18-16-14-12-10-8-6-4-2/h16-19,24,26,32,34,37-39,42-44H,3-15,20-23,25,27-31,33,35-36H2,1-2H3,(H,41,45)/b18-16+,19-17-,26-24+,34-32+. The van der Waals surface area contributed by atoms with Crippen LogP contribution < -0.4 is 5.32 Å². The van der Waals surface area contributed by atoms with Gasteiger partial charge in [-0.2, -0.15) is 0 Å². The van der Waals surface area contributed by atoms with Crippen molar-refractivity contribution in [3.05, 3.63) is 48.6 Å². The second-order valence-corrected chi connectivity index (χ2v) is 12.8. The summed E-state index contributed by atoms with van der Waals surface area (Å²) in [4.78, 5) is 12.4. The fourth-order valence-corrected chi connectivity index (χ4v) is 5.33. The Morgan fingerprint density at radius 3 is 1.36 bits per heavy atom. The number of hydrogen-bond donors (Lipinski definition) is 4. The Hall–Kier alpha value is -1.69. The molecule has 0 rings (SSSR count). The molecular formula is C40H73NO4. The van der Waals surface area contributed by atoms with Crippen molar-refractivity contribution in [1.29, 1.82) is 0 Å². The molecule has 3 atom stereocenters. The molecule has 0 bridgehead atoms. The highest BCUT2D eigenvalue weighted by atomic mass is 16.3. The molecule has 0 saturated carbocycles. The zero-order chi connectivity index (χ0) is 33.1. The lowest BCUT2D eigenvalue weighted by atomic mass is 10.0. The van der Waals surface area contributed by atoms with Crippen molar-refractivity contribution in [2.75, 3.05) is 6.61 Å². The van der Waals surface area contributed by atoms with E-state index in [9.17, 15) is 20.1 Å². The monoisotopic (exact) mass is 632 g/mol. The summed E-state index contributed by atoms with van der Waals surface area (Å²) in [6.07, 6.45) is 44.1. The Labute approximate surface area is 278 Å². The number of aliphatic hydroxyl groups is 3. The number of unbranched alkanes of at least 4 members (excludes halogenated alkanes) is 19. The lowest BCUT2D eigenvalue weighted by molar-refractivity contribution is -0.131. The quantitative estimate of drug-likeness (QED) is 0.0429. The maximum absolute atomic E-state index is 12.4. The lowest BCUT2D eigenvalue weighted by Crippen LogP contribution is -2.48. The van der Waals surface area contributed by atoms with Crippen LogP contribution in [0.15, 0.2) is 48.6 Å². The normalized spacial score (nSPS) is 14.3. The van der Waals surface area contributed by atoms with E-state index in [0.717, 1.165) is 51.4 Å². The van der Waals surface area contributed by atoms with Gasteiger partial charge in [0.15, 0.2) is 0 Å². The van der Waals surface area contributed by atoms with Gasteiger partial charge < -0.3 is 20.6 Å². The summed E-state index contributed by atoms with van der Waals surface area (Å²) in [6.45, 7) is 4.12. The summed E-state index contributed by atoms with van der Waals surface area (Å²) in [5.74, 6) is -0.525. The molecule has 5 nitrogen and oxygen atoms in total. The Morgan fingerprint density at radius 1 is 0.533 bits per heavy atom. The van der Waals surface area contributed by atoms with E-state index in [1.54, 1.807) is 6.08 Å². The van der Waals surface area contributed by atoms with Gasteiger partial charge in [0.05, 0.1) is 18.8 Å². The van der Waals surface area contributed by atoms with Crippen LogP contribution >= 0.6 is 0 Å². The van der Waals surface area contributed by atoms with E-state index in [1.165, 1.54) is 103 Å². The van der Waals surface area contributed by atoms with Gasteiger partial charge >= 0.3 is 0 Å². The molecule has 45 heavy (non-hydrogen) atoms. The van der Waals surface area contributed by atoms with E-state index in [2.05, 4.69) is 55.6 Å². The van der Waals surface area contributed by atoms with Gasteiger partial charge in [0.1, 0.15) is 6.10 Å². The molecule has 0 radical (unpaired) electrons. The fourth-order valence-electron chi connectivity index (χ4n) is 5.33. The highest BCUT2D eigenvalue weighted by Crippen LogP contribution is 2.12. The maximum atomic E-state index is 12.4. The third kappa shape index (κ3) is 30.7. The molecule has 3 unspecified atom stereocenters. The Bertz CT molecular complexity index is 745. The van der Waals surface area contributed by atoms with Crippen LogP contribution in [0.2, 0.25) is 0 Å². The second-order valence-electron chi connectivity index (χ2n) is 12.8. The Morgan fingerprint density at radius 2 is 0.911 bits per heavy atom. The van der Waals surface area contributed by atoms with Crippen molar-refractivity contribution in [3.63, 3.8) is 0 Å². The summed E-state index contributed by atoms with van der Waals surface area (Å²) in [6, 6.07) is -0.822. The van der Waals surface area contributed by atoms with Crippen molar-refractivity contribution < 1.29 is 20.1 Å². The molecule has 1 amide bonds. The molecule has 0 aliphatic rings. The van der Waals surface area contributed by atoms with E-state index in [1.807, 2.05) is 6.08 Å². The average Bonchev–Trinajstić information content (AvgIpc) is 3.04. The molecule has 0 aliphatic carbocycles. The smallest absolute Gasteiger partial charge is 0.249 e. The number of nitrogens with one attached hydrogen (secondary N) is 1. The van der Waals surface area contributed by atoms with Crippen molar-refractivity contribution in [3.8, 4) is 0 Å². The molecule has 5 heteroatoms. The topological polar surface area (TPSA) is 89.8 Å². The van der Waals surface area contributed by atoms with Crippen molar-refractivity contribution in [2.24, 2.45) is 0 Å². The highest BCUT2D eigenvalue weighted by molar-refractivity contribution is 5.80. The number of allylic oxidation sites excluding steroid dienone is 7. The van der Waals surface area contributed by atoms with Crippen LogP contribution in [0, 0.1) is 0 Å². The van der Waals surface area contributed by atoms with Gasteiger partial charge in [-0.15, -0.1) is 0 Å². The molecule has 0 saturated heterocycles. The minimum Gasteiger partial charge on any atom is -0.394 e. The summed E-state index contributed by atoms with van der Waals surface area (Å²) in [7, 11) is 0. The van der Waals surface area contributed by atoms with E-state index in [-0.39, 0.29) is 6.61 Å². The van der Waals surface area contributed by atoms with Gasteiger partial charge in [-0.25, -0.2) is 0 Å². The first-order valence-corrected chi connectivity index (χ1v) is 19.0. The zero-order valence-electron chi connectivity index (χ0n) is 29.5. The summed E-state index contributed by atoms with van der Waals surface area (Å²) in [5.41, 5.74) is 0. The van der Waals surface area contributed by atoms with E-state index in [4.69, 9.17) is 0 Å². The van der Waals surface area contributed by atoms with Crippen LogP contribution in [0.5, 0.6) is 0 Å². The zero-order valence-corrected chi connectivity index (χ0v) is 29.5. The fraction of sp³-hybridized carbons (Fsp3) is 0.775. The summed E-state index contributed by atoms with van der Waals surface area (Å²) in [5, 5.41) is 32.9. The molecule has 262 valence electrons. The molecule has 0 aliphatic heterocycles. The van der Waals surface area contributed by atoms with E-state index in [0.29, 0.717) is 6.42 Å². The summed E-state index contributed by atoms with van der Waals surface area (Å²) >= 11 is 0. The minimum absolute atomic E-state index is 0.385. The third-order valence-corrected chi connectivity index (χ3v) is 8.37. The summed E-state index contributed by atoms with van der Waals surface area (Å²) < 4.78 is 0. The first kappa shape index (κ1) is 43.3. The van der Waals surface area contributed by atoms with Gasteiger partial charge in [0, 0.05) is 0 Å². The third-order valence-electron chi connectivity index (χ3n) is 8.37. The van der Waals surface area contributed by atoms with Crippen LogP contribution in [0.1, 0.15) is 174 Å². The predicted octanol–water partition coefficient (Wildman–Crippen LogP) is 10.2. The molecule has 0 heterocycles. The SMILES string of the molecule is CCCCCCC/C=C/CC/C=C/CC/C=C/C(O)C(CO)NC(=O)C(O)CCCCCCCC/C=C\CCCCCCCC. The molecule has 0 spiro atoms. The molecule has 0 aromatic rings. The average molecular weight is 632 g/mol. The van der Waals surface area contributed by atoms with Crippen LogP contribution in [-0.4, -0.2) is 46.1 Å². The van der Waals surface area contributed by atoms with Crippen molar-refractivity contribution in [1.82, 2.24) is 5.32 Å². The Balaban J connectivity index is 3.83. The number of carbonyl (C=O) groups excluding carboxylic acids is 1. The number of aliphatic hydroxyl groups excluding tert-OH is 3. The Kier molecular flexibility index (Phi) is 33.8. The first-order valence-electron chi connectivity index (χ1n) is 19.0. The molecule has 4 N–H and O–H groups in total. The number of amides is 1. The molecule has 0 fully saturated rings. The van der Waals surface area contributed by atoms with Gasteiger partial charge in [0.2, 0.25) is 5.91 Å². The lowest BCUT2D eigenvalue weighted by Gasteiger charge is -2.21. The van der Waals surface area contributed by atoms with Crippen molar-refractivity contribution >= 4 is 5.91 Å². The molecule has 0 aromatic heterocycles. The van der Waals surface area contributed by atoms with Gasteiger partial charge in [-0.1, -0.05) is 152 Å². The number of hydrogen-bond acceptors (Lipinski definition) is 4. The highest BCUT2D eigenvalue weighted by Gasteiger charge is 2.22. The maximum Gasteiger partial charge on any atom is 0.249 e.